The van der Waals surface area contributed by atoms with Gasteiger partial charge in [-0.3, -0.25) is 9.36 Å². The number of likely N-dealkylation sites (N-methyl/N-ethyl adjacent to an activating group) is 1. The number of unbranched alkanes of at least 4 members (excludes halogenated alkanes) is 35. The highest BCUT2D eigenvalue weighted by atomic mass is 31.2. The number of hydrogen-bond acceptors (Lipinski definition) is 6. The van der Waals surface area contributed by atoms with Gasteiger partial charge in [0.1, 0.15) is 13.2 Å². The molecule has 0 aliphatic heterocycles. The van der Waals surface area contributed by atoms with Crippen LogP contribution in [0.5, 0.6) is 0 Å². The standard InChI is InChI=1S/C60H115N2O6P/c1-6-8-10-12-14-16-18-20-22-24-26-28-30-31-32-34-36-38-40-42-44-46-48-50-52-54-60(64)61-58(57-68-69(65,66)67-56-55-62(3,4)5)59(63)53-51-49-47-45-43-41-39-37-35-33-29-27-25-23-21-19-17-15-13-11-9-7-2/h18,20,24,26,43,45,51,53,58-59,63H,6-17,19,21-23,25,27-42,44,46-50,52,54-57H2,1-5H3,(H-,61,64,65,66)/b20-18-,26-24-,45-43+,53-51+. The van der Waals surface area contributed by atoms with E-state index in [-0.39, 0.29) is 12.5 Å². The summed E-state index contributed by atoms with van der Waals surface area (Å²) in [4.78, 5) is 25.5. The third-order valence-electron chi connectivity index (χ3n) is 13.3. The lowest BCUT2D eigenvalue weighted by Crippen LogP contribution is -2.45. The number of allylic oxidation sites excluding steroid dienone is 7. The molecular weight excluding hydrogens is 876 g/mol. The third-order valence-corrected chi connectivity index (χ3v) is 14.2. The highest BCUT2D eigenvalue weighted by molar-refractivity contribution is 7.45. The van der Waals surface area contributed by atoms with Crippen LogP contribution >= 0.6 is 7.82 Å². The van der Waals surface area contributed by atoms with Crippen molar-refractivity contribution in [2.45, 2.75) is 289 Å². The molecule has 0 spiro atoms. The normalized spacial score (nSPS) is 14.2. The molecule has 69 heavy (non-hydrogen) atoms. The quantitative estimate of drug-likeness (QED) is 0.0272. The monoisotopic (exact) mass is 991 g/mol. The first kappa shape index (κ1) is 67.5. The van der Waals surface area contributed by atoms with E-state index in [2.05, 4.69) is 55.6 Å². The van der Waals surface area contributed by atoms with Crippen LogP contribution in [-0.4, -0.2) is 68.5 Å². The number of amides is 1. The van der Waals surface area contributed by atoms with E-state index in [4.69, 9.17) is 9.05 Å². The predicted octanol–water partition coefficient (Wildman–Crippen LogP) is 17.3. The van der Waals surface area contributed by atoms with Crippen molar-refractivity contribution in [1.29, 1.82) is 0 Å². The molecule has 0 heterocycles. The molecule has 0 aromatic rings. The number of rotatable bonds is 54. The SMILES string of the molecule is CCCCCCC/C=C\C/C=C\CCCCCCCCCCCCCCCC(=O)NC(COP(=O)([O-])OCC[N+](C)(C)C)C(O)/C=C/CC/C=C/CCCCCCCCCCCCCCCCCC. The van der Waals surface area contributed by atoms with Gasteiger partial charge in [-0.1, -0.05) is 255 Å². The van der Waals surface area contributed by atoms with E-state index in [9.17, 15) is 19.4 Å². The molecule has 0 aromatic carbocycles. The van der Waals surface area contributed by atoms with Crippen molar-refractivity contribution >= 4 is 13.7 Å². The van der Waals surface area contributed by atoms with Crippen molar-refractivity contribution in [3.05, 3.63) is 48.6 Å². The van der Waals surface area contributed by atoms with Crippen molar-refractivity contribution < 1.29 is 32.9 Å². The Balaban J connectivity index is 4.23. The minimum Gasteiger partial charge on any atom is -0.756 e. The van der Waals surface area contributed by atoms with E-state index in [0.717, 1.165) is 44.9 Å². The Kier molecular flexibility index (Phi) is 50.2. The van der Waals surface area contributed by atoms with Gasteiger partial charge in [0.05, 0.1) is 39.9 Å². The van der Waals surface area contributed by atoms with Gasteiger partial charge >= 0.3 is 0 Å². The van der Waals surface area contributed by atoms with Crippen molar-refractivity contribution in [3.63, 3.8) is 0 Å². The molecule has 3 atom stereocenters. The van der Waals surface area contributed by atoms with Crippen LogP contribution in [-0.2, 0) is 18.4 Å². The van der Waals surface area contributed by atoms with Crippen LogP contribution in [0.2, 0.25) is 0 Å². The zero-order chi connectivity index (χ0) is 50.6. The molecule has 0 saturated carbocycles. The van der Waals surface area contributed by atoms with Gasteiger partial charge in [-0.25, -0.2) is 0 Å². The van der Waals surface area contributed by atoms with Crippen LogP contribution in [0.3, 0.4) is 0 Å². The van der Waals surface area contributed by atoms with E-state index in [1.165, 1.54) is 212 Å². The summed E-state index contributed by atoms with van der Waals surface area (Å²) in [6.07, 6.45) is 67.6. The fourth-order valence-electron chi connectivity index (χ4n) is 8.61. The number of phosphoric acid groups is 1. The van der Waals surface area contributed by atoms with Gasteiger partial charge in [-0.15, -0.1) is 0 Å². The maximum Gasteiger partial charge on any atom is 0.268 e. The van der Waals surface area contributed by atoms with Gasteiger partial charge in [0.2, 0.25) is 5.91 Å². The zero-order valence-electron chi connectivity index (χ0n) is 46.3. The van der Waals surface area contributed by atoms with Crippen LogP contribution < -0.4 is 10.2 Å². The lowest BCUT2D eigenvalue weighted by molar-refractivity contribution is -0.870. The number of aliphatic hydroxyl groups is 1. The molecule has 0 rings (SSSR count). The average molecular weight is 992 g/mol. The van der Waals surface area contributed by atoms with Crippen LogP contribution in [0, 0.1) is 0 Å². The molecule has 0 radical (unpaired) electrons. The third kappa shape index (κ3) is 54.1. The van der Waals surface area contributed by atoms with Crippen LogP contribution in [0.25, 0.3) is 0 Å². The number of nitrogens with one attached hydrogen (secondary N) is 1. The van der Waals surface area contributed by atoms with E-state index in [1.54, 1.807) is 6.08 Å². The first-order valence-electron chi connectivity index (χ1n) is 29.5. The molecule has 2 N–H and O–H groups in total. The van der Waals surface area contributed by atoms with E-state index < -0.39 is 26.6 Å². The van der Waals surface area contributed by atoms with Gasteiger partial charge < -0.3 is 28.8 Å². The van der Waals surface area contributed by atoms with E-state index in [0.29, 0.717) is 17.4 Å². The first-order chi connectivity index (χ1) is 33.5. The molecule has 1 amide bonds. The molecule has 406 valence electrons. The number of hydrogen-bond donors (Lipinski definition) is 2. The van der Waals surface area contributed by atoms with Gasteiger partial charge in [-0.05, 0) is 64.2 Å². The average Bonchev–Trinajstić information content (AvgIpc) is 3.31. The number of phosphoric ester groups is 1. The number of quaternary nitrogens is 1. The van der Waals surface area contributed by atoms with Crippen LogP contribution in [0.4, 0.5) is 0 Å². The van der Waals surface area contributed by atoms with Gasteiger partial charge in [0.25, 0.3) is 7.82 Å². The first-order valence-corrected chi connectivity index (χ1v) is 31.0. The predicted molar refractivity (Wildman–Crippen MR) is 298 cm³/mol. The smallest absolute Gasteiger partial charge is 0.268 e. The lowest BCUT2D eigenvalue weighted by Gasteiger charge is -2.29. The summed E-state index contributed by atoms with van der Waals surface area (Å²) in [5, 5.41) is 13.9. The Hall–Kier alpha value is -1.54. The van der Waals surface area contributed by atoms with Gasteiger partial charge in [0, 0.05) is 6.42 Å². The minimum absolute atomic E-state index is 0.00662. The summed E-state index contributed by atoms with van der Waals surface area (Å²) in [5.74, 6) is -0.206. The summed E-state index contributed by atoms with van der Waals surface area (Å²) in [6, 6.07) is -0.905. The Bertz CT molecular complexity index is 1260. The second-order valence-corrected chi connectivity index (χ2v) is 22.8. The largest absolute Gasteiger partial charge is 0.756 e. The highest BCUT2D eigenvalue weighted by Crippen LogP contribution is 2.38. The zero-order valence-corrected chi connectivity index (χ0v) is 47.2. The maximum absolute atomic E-state index is 13.0. The molecule has 0 aliphatic carbocycles. The molecule has 8 nitrogen and oxygen atoms in total. The summed E-state index contributed by atoms with van der Waals surface area (Å²) < 4.78 is 23.3. The Morgan fingerprint density at radius 3 is 1.26 bits per heavy atom. The number of nitrogens with zero attached hydrogens (tertiary/aromatic N) is 1. The Morgan fingerprint density at radius 2 is 0.855 bits per heavy atom. The molecular formula is C60H115N2O6P. The molecule has 0 aromatic heterocycles. The van der Waals surface area contributed by atoms with E-state index >= 15 is 0 Å². The summed E-state index contributed by atoms with van der Waals surface area (Å²) >= 11 is 0. The van der Waals surface area contributed by atoms with Crippen LogP contribution in [0.15, 0.2) is 48.6 Å². The topological polar surface area (TPSA) is 108 Å². The summed E-state index contributed by atoms with van der Waals surface area (Å²) in [6.45, 7) is 4.65. The van der Waals surface area contributed by atoms with Crippen molar-refractivity contribution in [1.82, 2.24) is 5.32 Å². The fourth-order valence-corrected chi connectivity index (χ4v) is 9.34. The summed E-state index contributed by atoms with van der Waals surface area (Å²) in [7, 11) is 1.25. The minimum atomic E-state index is -4.61. The number of aliphatic hydroxyl groups excluding tert-OH is 1. The summed E-state index contributed by atoms with van der Waals surface area (Å²) in [5.41, 5.74) is 0. The van der Waals surface area contributed by atoms with Gasteiger partial charge in [0.15, 0.2) is 0 Å². The molecule has 0 bridgehead atoms. The van der Waals surface area contributed by atoms with Gasteiger partial charge in [-0.2, -0.15) is 0 Å². The molecule has 3 unspecified atom stereocenters. The molecule has 0 aliphatic rings. The number of carbonyl (C=O) groups is 1. The molecule has 0 fully saturated rings. The van der Waals surface area contributed by atoms with Crippen molar-refractivity contribution in [2.75, 3.05) is 40.9 Å². The Labute approximate surface area is 429 Å². The molecule has 0 saturated heterocycles. The lowest BCUT2D eigenvalue weighted by atomic mass is 10.0. The fraction of sp³-hybridized carbons (Fsp3) is 0.850. The van der Waals surface area contributed by atoms with Crippen molar-refractivity contribution in [3.8, 4) is 0 Å². The highest BCUT2D eigenvalue weighted by Gasteiger charge is 2.23. The number of carbonyl (C=O) groups excluding carboxylic acids is 1. The second-order valence-electron chi connectivity index (χ2n) is 21.3. The second kappa shape index (κ2) is 51.4. The van der Waals surface area contributed by atoms with Crippen molar-refractivity contribution in [2.24, 2.45) is 0 Å². The van der Waals surface area contributed by atoms with Crippen LogP contribution in [0.1, 0.15) is 277 Å². The molecule has 9 heteroatoms. The maximum atomic E-state index is 13.0. The Morgan fingerprint density at radius 1 is 0.507 bits per heavy atom. The van der Waals surface area contributed by atoms with E-state index in [1.807, 2.05) is 27.2 Å².